The SMILES string of the molecule is CC(C)CC(CN)NC(=O)CNS(=O)(=O)c1cccs1.Cl. The van der Waals surface area contributed by atoms with Crippen molar-refractivity contribution in [1.82, 2.24) is 10.0 Å². The maximum atomic E-state index is 11.8. The molecule has 1 rings (SSSR count). The first-order valence-electron chi connectivity index (χ1n) is 6.37. The summed E-state index contributed by atoms with van der Waals surface area (Å²) < 4.78 is 26.1. The van der Waals surface area contributed by atoms with Gasteiger partial charge in [0.15, 0.2) is 0 Å². The summed E-state index contributed by atoms with van der Waals surface area (Å²) in [5.41, 5.74) is 5.58. The lowest BCUT2D eigenvalue weighted by molar-refractivity contribution is -0.120. The maximum Gasteiger partial charge on any atom is 0.250 e. The van der Waals surface area contributed by atoms with Crippen LogP contribution in [0.5, 0.6) is 0 Å². The van der Waals surface area contributed by atoms with Crippen molar-refractivity contribution in [2.45, 2.75) is 30.5 Å². The Morgan fingerprint density at radius 2 is 2.10 bits per heavy atom. The van der Waals surface area contributed by atoms with Crippen molar-refractivity contribution in [3.63, 3.8) is 0 Å². The molecule has 6 nitrogen and oxygen atoms in total. The molecule has 0 bridgehead atoms. The van der Waals surface area contributed by atoms with E-state index in [1.165, 1.54) is 6.07 Å². The zero-order chi connectivity index (χ0) is 15.2. The Hall–Kier alpha value is -0.670. The molecule has 1 aromatic rings. The number of amides is 1. The first-order valence-corrected chi connectivity index (χ1v) is 8.74. The van der Waals surface area contributed by atoms with Crippen LogP contribution in [-0.2, 0) is 14.8 Å². The van der Waals surface area contributed by atoms with Crippen LogP contribution in [0.15, 0.2) is 21.7 Å². The average molecular weight is 356 g/mol. The summed E-state index contributed by atoms with van der Waals surface area (Å²) in [6, 6.07) is 3.01. The molecule has 21 heavy (non-hydrogen) atoms. The van der Waals surface area contributed by atoms with Gasteiger partial charge in [0.25, 0.3) is 10.0 Å². The van der Waals surface area contributed by atoms with Crippen molar-refractivity contribution in [3.8, 4) is 0 Å². The third kappa shape index (κ3) is 7.23. The third-order valence-electron chi connectivity index (χ3n) is 2.59. The lowest BCUT2D eigenvalue weighted by atomic mass is 10.0. The van der Waals surface area contributed by atoms with Crippen LogP contribution in [0, 0.1) is 5.92 Å². The van der Waals surface area contributed by atoms with E-state index in [4.69, 9.17) is 5.73 Å². The molecule has 0 aliphatic carbocycles. The second-order valence-electron chi connectivity index (χ2n) is 4.89. The summed E-state index contributed by atoms with van der Waals surface area (Å²) in [4.78, 5) is 11.7. The summed E-state index contributed by atoms with van der Waals surface area (Å²) in [6.45, 7) is 4.12. The number of rotatable bonds is 8. The molecule has 0 aliphatic heterocycles. The van der Waals surface area contributed by atoms with Gasteiger partial charge in [0.1, 0.15) is 4.21 Å². The number of carbonyl (C=O) groups is 1. The van der Waals surface area contributed by atoms with Gasteiger partial charge >= 0.3 is 0 Å². The smallest absolute Gasteiger partial charge is 0.250 e. The van der Waals surface area contributed by atoms with Gasteiger partial charge in [-0.25, -0.2) is 13.1 Å². The molecule has 0 saturated heterocycles. The largest absolute Gasteiger partial charge is 0.351 e. The van der Waals surface area contributed by atoms with Crippen LogP contribution in [0.1, 0.15) is 20.3 Å². The second-order valence-corrected chi connectivity index (χ2v) is 7.83. The van der Waals surface area contributed by atoms with Crippen molar-refractivity contribution in [2.24, 2.45) is 11.7 Å². The number of carbonyl (C=O) groups excluding carboxylic acids is 1. The lowest BCUT2D eigenvalue weighted by Crippen LogP contribution is -2.45. The topological polar surface area (TPSA) is 101 Å². The molecule has 0 aromatic carbocycles. The van der Waals surface area contributed by atoms with Crippen LogP contribution in [-0.4, -0.2) is 33.5 Å². The number of sulfonamides is 1. The summed E-state index contributed by atoms with van der Waals surface area (Å²) in [7, 11) is -3.60. The Labute approximate surface area is 136 Å². The standard InChI is InChI=1S/C12H21N3O3S2.ClH/c1-9(2)6-10(7-13)15-11(16)8-14-20(17,18)12-4-3-5-19-12;/h3-5,9-10,14H,6-8,13H2,1-2H3,(H,15,16);1H. The van der Waals surface area contributed by atoms with Gasteiger partial charge in [0.2, 0.25) is 5.91 Å². The van der Waals surface area contributed by atoms with E-state index in [9.17, 15) is 13.2 Å². The zero-order valence-corrected chi connectivity index (χ0v) is 14.5. The van der Waals surface area contributed by atoms with Crippen LogP contribution < -0.4 is 15.8 Å². The van der Waals surface area contributed by atoms with Crippen molar-refractivity contribution >= 4 is 39.7 Å². The van der Waals surface area contributed by atoms with Gasteiger partial charge < -0.3 is 11.1 Å². The lowest BCUT2D eigenvalue weighted by Gasteiger charge is -2.18. The van der Waals surface area contributed by atoms with Gasteiger partial charge in [-0.2, -0.15) is 0 Å². The third-order valence-corrected chi connectivity index (χ3v) is 5.39. The molecule has 1 unspecified atom stereocenters. The molecule has 0 fully saturated rings. The van der Waals surface area contributed by atoms with E-state index in [-0.39, 0.29) is 35.1 Å². The Morgan fingerprint density at radius 3 is 2.57 bits per heavy atom. The normalized spacial score (nSPS) is 12.8. The van der Waals surface area contributed by atoms with Crippen molar-refractivity contribution < 1.29 is 13.2 Å². The van der Waals surface area contributed by atoms with Crippen LogP contribution in [0.25, 0.3) is 0 Å². The number of hydrogen-bond acceptors (Lipinski definition) is 5. The summed E-state index contributed by atoms with van der Waals surface area (Å²) in [5, 5.41) is 4.40. The summed E-state index contributed by atoms with van der Waals surface area (Å²) in [6.07, 6.45) is 0.764. The van der Waals surface area contributed by atoms with E-state index in [0.29, 0.717) is 12.5 Å². The number of nitrogens with two attached hydrogens (primary N) is 1. The average Bonchev–Trinajstić information content (AvgIpc) is 2.89. The predicted octanol–water partition coefficient (Wildman–Crippen LogP) is 0.938. The minimum Gasteiger partial charge on any atom is -0.351 e. The predicted molar refractivity (Wildman–Crippen MR) is 87.2 cm³/mol. The first-order chi connectivity index (χ1) is 9.35. The van der Waals surface area contributed by atoms with Crippen molar-refractivity contribution in [2.75, 3.05) is 13.1 Å². The molecule has 1 heterocycles. The molecule has 1 amide bonds. The van der Waals surface area contributed by atoms with Crippen molar-refractivity contribution in [3.05, 3.63) is 17.5 Å². The van der Waals surface area contributed by atoms with Gasteiger partial charge in [-0.05, 0) is 23.8 Å². The van der Waals surface area contributed by atoms with E-state index >= 15 is 0 Å². The minimum atomic E-state index is -3.60. The molecule has 0 saturated carbocycles. The highest BCUT2D eigenvalue weighted by atomic mass is 35.5. The van der Waals surface area contributed by atoms with Crippen LogP contribution >= 0.6 is 23.7 Å². The Bertz CT molecular complexity index is 518. The Balaban J connectivity index is 0.00000400. The van der Waals surface area contributed by atoms with Gasteiger partial charge in [-0.1, -0.05) is 19.9 Å². The summed E-state index contributed by atoms with van der Waals surface area (Å²) in [5.74, 6) is 0.0351. The second kappa shape index (κ2) is 9.37. The van der Waals surface area contributed by atoms with Crippen molar-refractivity contribution in [1.29, 1.82) is 0 Å². The quantitative estimate of drug-likeness (QED) is 0.645. The van der Waals surface area contributed by atoms with E-state index in [1.54, 1.807) is 11.4 Å². The maximum absolute atomic E-state index is 11.8. The zero-order valence-electron chi connectivity index (χ0n) is 12.0. The number of nitrogens with one attached hydrogen (secondary N) is 2. The molecule has 1 aromatic heterocycles. The molecular formula is C12H22ClN3O3S2. The Morgan fingerprint density at radius 1 is 1.43 bits per heavy atom. The van der Waals surface area contributed by atoms with E-state index < -0.39 is 10.0 Å². The highest BCUT2D eigenvalue weighted by molar-refractivity contribution is 7.91. The highest BCUT2D eigenvalue weighted by Gasteiger charge is 2.18. The molecule has 0 spiro atoms. The van der Waals surface area contributed by atoms with Gasteiger partial charge in [-0.3, -0.25) is 4.79 Å². The molecule has 122 valence electrons. The van der Waals surface area contributed by atoms with Crippen LogP contribution in [0.4, 0.5) is 0 Å². The van der Waals surface area contributed by atoms with E-state index in [0.717, 1.165) is 17.8 Å². The highest BCUT2D eigenvalue weighted by Crippen LogP contribution is 2.14. The minimum absolute atomic E-state index is 0. The first kappa shape index (κ1) is 20.3. The molecule has 9 heteroatoms. The van der Waals surface area contributed by atoms with E-state index in [1.807, 2.05) is 13.8 Å². The molecule has 0 aliphatic rings. The van der Waals surface area contributed by atoms with E-state index in [2.05, 4.69) is 10.0 Å². The fraction of sp³-hybridized carbons (Fsp3) is 0.583. The Kier molecular flexibility index (Phi) is 9.07. The van der Waals surface area contributed by atoms with Crippen LogP contribution in [0.2, 0.25) is 0 Å². The van der Waals surface area contributed by atoms with Gasteiger partial charge in [0.05, 0.1) is 6.54 Å². The van der Waals surface area contributed by atoms with Gasteiger partial charge in [-0.15, -0.1) is 23.7 Å². The monoisotopic (exact) mass is 355 g/mol. The molecule has 0 radical (unpaired) electrons. The molecule has 1 atom stereocenters. The van der Waals surface area contributed by atoms with Gasteiger partial charge in [0, 0.05) is 12.6 Å². The molecule has 4 N–H and O–H groups in total. The number of thiophene rings is 1. The van der Waals surface area contributed by atoms with Crippen LogP contribution in [0.3, 0.4) is 0 Å². The fourth-order valence-electron chi connectivity index (χ4n) is 1.71. The number of halogens is 1. The fourth-order valence-corrected chi connectivity index (χ4v) is 3.73. The summed E-state index contributed by atoms with van der Waals surface area (Å²) >= 11 is 1.11. The number of hydrogen-bond donors (Lipinski definition) is 3. The molecular weight excluding hydrogens is 334 g/mol.